The van der Waals surface area contributed by atoms with Gasteiger partial charge in [-0.1, -0.05) is 121 Å². The minimum atomic E-state index is 0.317. The molecule has 0 amide bonds. The minimum absolute atomic E-state index is 0.317. The molecule has 3 heteroatoms. The SMILES string of the molecule is C1=CC2C(c3ccc(-n4c5ccccc5c5c4ccc4c6c7oc8ccccc8c7ccc6n(-c6ccccc6)c45)cc3)=CC=C3c4ccccc4C(=C1)C32. The highest BCUT2D eigenvalue weighted by molar-refractivity contribution is 6.31. The van der Waals surface area contributed by atoms with Crippen LogP contribution >= 0.6 is 0 Å². The van der Waals surface area contributed by atoms with Crippen molar-refractivity contribution in [1.29, 1.82) is 0 Å². The second-order valence-electron chi connectivity index (χ2n) is 15.2. The molecule has 0 aliphatic heterocycles. The highest BCUT2D eigenvalue weighted by atomic mass is 16.3. The predicted octanol–water partition coefficient (Wildman–Crippen LogP) is 13.5. The number of aromatic nitrogens is 2. The molecule has 3 heterocycles. The predicted molar refractivity (Wildman–Crippen MR) is 229 cm³/mol. The average molecular weight is 701 g/mol. The van der Waals surface area contributed by atoms with Gasteiger partial charge in [-0.15, -0.1) is 0 Å². The first kappa shape index (κ1) is 29.4. The van der Waals surface area contributed by atoms with Crippen molar-refractivity contribution in [2.45, 2.75) is 0 Å². The molecule has 0 saturated carbocycles. The van der Waals surface area contributed by atoms with Crippen LogP contribution in [0.4, 0.5) is 0 Å². The van der Waals surface area contributed by atoms with E-state index in [1.165, 1.54) is 66.1 Å². The van der Waals surface area contributed by atoms with Gasteiger partial charge >= 0.3 is 0 Å². The first-order chi connectivity index (χ1) is 27.3. The van der Waals surface area contributed by atoms with E-state index in [1.54, 1.807) is 0 Å². The summed E-state index contributed by atoms with van der Waals surface area (Å²) < 4.78 is 11.6. The zero-order chi connectivity index (χ0) is 35.8. The van der Waals surface area contributed by atoms with Gasteiger partial charge in [0.1, 0.15) is 11.2 Å². The third-order valence-electron chi connectivity index (χ3n) is 12.5. The molecule has 2 atom stereocenters. The first-order valence-electron chi connectivity index (χ1n) is 19.2. The number of fused-ring (bicyclic) bond motifs is 14. The molecule has 256 valence electrons. The molecule has 0 fully saturated rings. The summed E-state index contributed by atoms with van der Waals surface area (Å²) in [5.74, 6) is 0.692. The largest absolute Gasteiger partial charge is 0.455 e. The number of rotatable bonds is 3. The molecule has 3 nitrogen and oxygen atoms in total. The highest BCUT2D eigenvalue weighted by Gasteiger charge is 2.40. The summed E-state index contributed by atoms with van der Waals surface area (Å²) in [6.45, 7) is 0. The molecule has 3 aliphatic rings. The van der Waals surface area contributed by atoms with Gasteiger partial charge in [-0.2, -0.15) is 0 Å². The quantitative estimate of drug-likeness (QED) is 0.180. The lowest BCUT2D eigenvalue weighted by atomic mass is 9.72. The second kappa shape index (κ2) is 10.7. The van der Waals surface area contributed by atoms with Crippen molar-refractivity contribution in [2.24, 2.45) is 11.8 Å². The molecular formula is C52H32N2O. The van der Waals surface area contributed by atoms with Crippen LogP contribution in [-0.4, -0.2) is 9.13 Å². The molecule has 2 unspecified atom stereocenters. The van der Waals surface area contributed by atoms with Gasteiger partial charge in [0.05, 0.1) is 27.5 Å². The van der Waals surface area contributed by atoms with Crippen LogP contribution in [-0.2, 0) is 0 Å². The fourth-order valence-electron chi connectivity index (χ4n) is 10.3. The van der Waals surface area contributed by atoms with E-state index in [-0.39, 0.29) is 0 Å². The van der Waals surface area contributed by atoms with Crippen molar-refractivity contribution in [3.63, 3.8) is 0 Å². The maximum atomic E-state index is 6.69. The Balaban J connectivity index is 1.03. The van der Waals surface area contributed by atoms with Crippen molar-refractivity contribution < 1.29 is 4.42 Å². The smallest absolute Gasteiger partial charge is 0.145 e. The third kappa shape index (κ3) is 3.84. The Kier molecular flexibility index (Phi) is 5.74. The van der Waals surface area contributed by atoms with Crippen LogP contribution in [0.2, 0.25) is 0 Å². The number of hydrogen-bond donors (Lipinski definition) is 0. The molecule has 0 N–H and O–H groups in total. The zero-order valence-electron chi connectivity index (χ0n) is 29.8. The fourth-order valence-corrected chi connectivity index (χ4v) is 10.3. The van der Waals surface area contributed by atoms with Crippen LogP contribution < -0.4 is 0 Å². The molecule has 55 heavy (non-hydrogen) atoms. The summed E-state index contributed by atoms with van der Waals surface area (Å²) in [7, 11) is 0. The Morgan fingerprint density at radius 3 is 1.93 bits per heavy atom. The van der Waals surface area contributed by atoms with Gasteiger partial charge in [0, 0.05) is 50.1 Å². The number of nitrogens with zero attached hydrogens (tertiary/aromatic N) is 2. The monoisotopic (exact) mass is 700 g/mol. The third-order valence-corrected chi connectivity index (χ3v) is 12.5. The minimum Gasteiger partial charge on any atom is -0.455 e. The van der Waals surface area contributed by atoms with E-state index in [1.807, 2.05) is 6.07 Å². The van der Waals surface area contributed by atoms with Crippen molar-refractivity contribution in [3.05, 3.63) is 199 Å². The standard InChI is InChI=1S/C52H32N2O/c1-2-11-32(12-3-1)54-46-29-27-41-37-15-7-9-20-47(37)55-52(41)50(46)43-28-30-45-49(51(43)54)42-16-6-8-19-44(42)53(45)33-23-21-31(22-24-33)34-25-26-40-36-14-5-4-13-35(36)39-18-10-17-38(34)48(39)40/h1-30,38,48H. The summed E-state index contributed by atoms with van der Waals surface area (Å²) in [6, 6.07) is 55.3. The Bertz CT molecular complexity index is 3420. The molecule has 0 spiro atoms. The molecule has 13 rings (SSSR count). The van der Waals surface area contributed by atoms with E-state index in [2.05, 4.69) is 185 Å². The Labute approximate surface area is 316 Å². The van der Waals surface area contributed by atoms with Crippen LogP contribution in [0.5, 0.6) is 0 Å². The molecule has 7 aromatic carbocycles. The lowest BCUT2D eigenvalue weighted by Crippen LogP contribution is -2.18. The molecule has 3 aromatic heterocycles. The van der Waals surface area contributed by atoms with Crippen LogP contribution in [0.15, 0.2) is 186 Å². The van der Waals surface area contributed by atoms with E-state index < -0.39 is 0 Å². The van der Waals surface area contributed by atoms with Gasteiger partial charge in [-0.25, -0.2) is 0 Å². The van der Waals surface area contributed by atoms with Crippen molar-refractivity contribution >= 4 is 82.3 Å². The topological polar surface area (TPSA) is 23.0 Å². The van der Waals surface area contributed by atoms with Gasteiger partial charge in [0.2, 0.25) is 0 Å². The van der Waals surface area contributed by atoms with Crippen LogP contribution in [0.25, 0.3) is 93.6 Å². The normalized spacial score (nSPS) is 17.3. The number of allylic oxidation sites excluding steroid dienone is 8. The average Bonchev–Trinajstić information content (AvgIpc) is 3.99. The van der Waals surface area contributed by atoms with Gasteiger partial charge in [0.25, 0.3) is 0 Å². The van der Waals surface area contributed by atoms with Crippen molar-refractivity contribution in [2.75, 3.05) is 0 Å². The lowest BCUT2D eigenvalue weighted by molar-refractivity contribution is 0.673. The van der Waals surface area contributed by atoms with Gasteiger partial charge in [-0.3, -0.25) is 0 Å². The van der Waals surface area contributed by atoms with E-state index in [9.17, 15) is 0 Å². The maximum Gasteiger partial charge on any atom is 0.145 e. The van der Waals surface area contributed by atoms with Crippen molar-refractivity contribution in [3.8, 4) is 11.4 Å². The Hall–Kier alpha value is -7.10. The number of furan rings is 1. The van der Waals surface area contributed by atoms with Gasteiger partial charge < -0.3 is 13.6 Å². The highest BCUT2D eigenvalue weighted by Crippen LogP contribution is 2.56. The summed E-state index contributed by atoms with van der Waals surface area (Å²) >= 11 is 0. The molecule has 0 radical (unpaired) electrons. The van der Waals surface area contributed by atoms with E-state index in [0.29, 0.717) is 11.8 Å². The van der Waals surface area contributed by atoms with Crippen molar-refractivity contribution in [1.82, 2.24) is 9.13 Å². The number of benzene rings is 7. The Morgan fingerprint density at radius 1 is 0.436 bits per heavy atom. The Morgan fingerprint density at radius 2 is 1.09 bits per heavy atom. The zero-order valence-corrected chi connectivity index (χ0v) is 29.8. The van der Waals surface area contributed by atoms with Crippen LogP contribution in [0.1, 0.15) is 16.7 Å². The fraction of sp³-hybridized carbons (Fsp3) is 0.0385. The van der Waals surface area contributed by atoms with Crippen LogP contribution in [0, 0.1) is 11.8 Å². The molecular weight excluding hydrogens is 669 g/mol. The molecule has 0 saturated heterocycles. The number of hydrogen-bond acceptors (Lipinski definition) is 1. The maximum absolute atomic E-state index is 6.69. The summed E-state index contributed by atoms with van der Waals surface area (Å²) in [4.78, 5) is 0. The molecule has 0 bridgehead atoms. The van der Waals surface area contributed by atoms with Gasteiger partial charge in [-0.05, 0) is 94.1 Å². The molecule has 3 aliphatic carbocycles. The summed E-state index contributed by atoms with van der Waals surface area (Å²) in [6.07, 6.45) is 11.7. The second-order valence-corrected chi connectivity index (χ2v) is 15.2. The summed E-state index contributed by atoms with van der Waals surface area (Å²) in [5, 5.41) is 7.09. The van der Waals surface area contributed by atoms with E-state index in [0.717, 1.165) is 44.2 Å². The number of para-hydroxylation sites is 3. The lowest BCUT2D eigenvalue weighted by Gasteiger charge is -2.31. The van der Waals surface area contributed by atoms with Gasteiger partial charge in [0.15, 0.2) is 0 Å². The summed E-state index contributed by atoms with van der Waals surface area (Å²) in [5.41, 5.74) is 17.1. The first-order valence-corrected chi connectivity index (χ1v) is 19.2. The van der Waals surface area contributed by atoms with E-state index >= 15 is 0 Å². The molecule has 10 aromatic rings. The van der Waals surface area contributed by atoms with E-state index in [4.69, 9.17) is 4.42 Å². The van der Waals surface area contributed by atoms with Crippen LogP contribution in [0.3, 0.4) is 0 Å².